The molecular weight excluding hydrogens is 256 g/mol. The molecule has 21 heavy (non-hydrogen) atoms. The summed E-state index contributed by atoms with van der Waals surface area (Å²) in [6.07, 6.45) is 9.76. The number of hydrogen-bond donors (Lipinski definition) is 0. The van der Waals surface area contributed by atoms with Gasteiger partial charge in [-0.1, -0.05) is 43.9 Å². The molecular formula is C19H30N2. The van der Waals surface area contributed by atoms with E-state index >= 15 is 0 Å². The molecule has 1 fully saturated rings. The molecule has 0 N–H and O–H groups in total. The molecule has 0 spiro atoms. The summed E-state index contributed by atoms with van der Waals surface area (Å²) in [5.74, 6) is 0.792. The first kappa shape index (κ1) is 14.9. The summed E-state index contributed by atoms with van der Waals surface area (Å²) in [5, 5.41) is 0. The van der Waals surface area contributed by atoms with E-state index in [9.17, 15) is 0 Å². The van der Waals surface area contributed by atoms with E-state index in [0.29, 0.717) is 0 Å². The Hall–Kier alpha value is -1.02. The molecule has 2 nitrogen and oxygen atoms in total. The van der Waals surface area contributed by atoms with Crippen molar-refractivity contribution < 1.29 is 0 Å². The van der Waals surface area contributed by atoms with E-state index in [1.54, 1.807) is 5.56 Å². The van der Waals surface area contributed by atoms with E-state index in [1.165, 1.54) is 63.7 Å². The van der Waals surface area contributed by atoms with Gasteiger partial charge in [0.15, 0.2) is 0 Å². The minimum absolute atomic E-state index is 0.768. The number of fused-ring (bicyclic) bond motifs is 3. The van der Waals surface area contributed by atoms with Crippen molar-refractivity contribution in [2.75, 3.05) is 32.1 Å². The maximum Gasteiger partial charge on any atom is 0.0405 e. The molecule has 1 aliphatic heterocycles. The zero-order chi connectivity index (χ0) is 14.7. The van der Waals surface area contributed by atoms with Crippen LogP contribution in [-0.4, -0.2) is 38.1 Å². The fourth-order valence-corrected chi connectivity index (χ4v) is 4.29. The molecule has 2 unspecified atom stereocenters. The Morgan fingerprint density at radius 1 is 1.05 bits per heavy atom. The van der Waals surface area contributed by atoms with Gasteiger partial charge in [-0.15, -0.1) is 0 Å². The van der Waals surface area contributed by atoms with Crippen molar-refractivity contribution >= 4 is 5.69 Å². The van der Waals surface area contributed by atoms with Gasteiger partial charge in [-0.2, -0.15) is 0 Å². The summed E-state index contributed by atoms with van der Waals surface area (Å²) >= 11 is 0. The van der Waals surface area contributed by atoms with Crippen LogP contribution in [0.4, 0.5) is 5.69 Å². The average molecular weight is 286 g/mol. The van der Waals surface area contributed by atoms with Gasteiger partial charge in [-0.25, -0.2) is 0 Å². The molecule has 0 radical (unpaired) electrons. The highest BCUT2D eigenvalue weighted by Crippen LogP contribution is 2.46. The lowest BCUT2D eigenvalue weighted by Gasteiger charge is -2.32. The fraction of sp³-hybridized carbons (Fsp3) is 0.684. The Morgan fingerprint density at radius 2 is 1.81 bits per heavy atom. The molecule has 0 amide bonds. The zero-order valence-corrected chi connectivity index (χ0v) is 13.7. The van der Waals surface area contributed by atoms with Gasteiger partial charge in [0, 0.05) is 24.2 Å². The van der Waals surface area contributed by atoms with E-state index in [-0.39, 0.29) is 0 Å². The lowest BCUT2D eigenvalue weighted by atomic mass is 9.84. The third kappa shape index (κ3) is 3.26. The van der Waals surface area contributed by atoms with Crippen LogP contribution in [0.2, 0.25) is 0 Å². The summed E-state index contributed by atoms with van der Waals surface area (Å²) in [6, 6.07) is 9.97. The molecule has 1 aromatic rings. The third-order valence-corrected chi connectivity index (χ3v) is 5.28. The summed E-state index contributed by atoms with van der Waals surface area (Å²) in [5.41, 5.74) is 3.17. The highest BCUT2D eigenvalue weighted by Gasteiger charge is 2.37. The maximum atomic E-state index is 2.74. The molecule has 2 aliphatic rings. The highest BCUT2D eigenvalue weighted by molar-refractivity contribution is 5.61. The second-order valence-corrected chi connectivity index (χ2v) is 7.07. The van der Waals surface area contributed by atoms with Crippen LogP contribution in [0, 0.1) is 0 Å². The van der Waals surface area contributed by atoms with Crippen LogP contribution in [0.5, 0.6) is 0 Å². The Kier molecular flexibility index (Phi) is 4.84. The minimum atomic E-state index is 0.768. The number of hydrogen-bond acceptors (Lipinski definition) is 2. The van der Waals surface area contributed by atoms with Crippen molar-refractivity contribution in [1.82, 2.24) is 4.90 Å². The van der Waals surface area contributed by atoms with Crippen LogP contribution in [0.25, 0.3) is 0 Å². The Labute approximate surface area is 130 Å². The van der Waals surface area contributed by atoms with Crippen molar-refractivity contribution in [2.45, 2.75) is 56.9 Å². The Morgan fingerprint density at radius 3 is 2.62 bits per heavy atom. The maximum absolute atomic E-state index is 2.74. The van der Waals surface area contributed by atoms with Crippen molar-refractivity contribution in [1.29, 1.82) is 0 Å². The first-order valence-electron chi connectivity index (χ1n) is 8.77. The molecule has 1 saturated carbocycles. The summed E-state index contributed by atoms with van der Waals surface area (Å²) in [7, 11) is 4.35. The number of para-hydroxylation sites is 1. The fourth-order valence-electron chi connectivity index (χ4n) is 4.29. The normalized spacial score (nSPS) is 25.4. The molecule has 0 aromatic heterocycles. The second kappa shape index (κ2) is 6.83. The molecule has 0 saturated heterocycles. The summed E-state index contributed by atoms with van der Waals surface area (Å²) < 4.78 is 0. The lowest BCUT2D eigenvalue weighted by Crippen LogP contribution is -2.36. The van der Waals surface area contributed by atoms with Crippen molar-refractivity contribution in [3.05, 3.63) is 29.8 Å². The molecule has 0 bridgehead atoms. The number of nitrogens with zero attached hydrogens (tertiary/aromatic N) is 2. The van der Waals surface area contributed by atoms with Crippen molar-refractivity contribution in [3.8, 4) is 0 Å². The van der Waals surface area contributed by atoms with Gasteiger partial charge >= 0.3 is 0 Å². The van der Waals surface area contributed by atoms with Crippen LogP contribution in [0.3, 0.4) is 0 Å². The summed E-state index contributed by atoms with van der Waals surface area (Å²) in [4.78, 5) is 5.05. The molecule has 3 rings (SSSR count). The highest BCUT2D eigenvalue weighted by atomic mass is 15.2. The lowest BCUT2D eigenvalue weighted by molar-refractivity contribution is 0.378. The zero-order valence-electron chi connectivity index (χ0n) is 13.7. The van der Waals surface area contributed by atoms with E-state index in [0.717, 1.165) is 12.0 Å². The van der Waals surface area contributed by atoms with E-state index < -0.39 is 0 Å². The van der Waals surface area contributed by atoms with Gasteiger partial charge in [0.1, 0.15) is 0 Å². The van der Waals surface area contributed by atoms with E-state index in [1.807, 2.05) is 0 Å². The van der Waals surface area contributed by atoms with Crippen molar-refractivity contribution in [3.63, 3.8) is 0 Å². The molecule has 2 heteroatoms. The van der Waals surface area contributed by atoms with Crippen LogP contribution < -0.4 is 4.90 Å². The van der Waals surface area contributed by atoms with Gasteiger partial charge in [-0.05, 0) is 51.5 Å². The van der Waals surface area contributed by atoms with Crippen LogP contribution >= 0.6 is 0 Å². The van der Waals surface area contributed by atoms with Gasteiger partial charge in [-0.3, -0.25) is 0 Å². The number of anilines is 1. The number of rotatable bonds is 4. The average Bonchev–Trinajstić information content (AvgIpc) is 2.71. The van der Waals surface area contributed by atoms with Crippen LogP contribution in [-0.2, 0) is 0 Å². The molecule has 116 valence electrons. The van der Waals surface area contributed by atoms with Crippen LogP contribution in [0.1, 0.15) is 56.4 Å². The standard InChI is InChI=1S/C19H30N2/c1-20(2)14-9-15-21-18-12-6-4-3-5-10-16(18)17-11-7-8-13-19(17)21/h7-8,11,13,16,18H,3-6,9-10,12,14-15H2,1-2H3. The van der Waals surface area contributed by atoms with Crippen LogP contribution in [0.15, 0.2) is 24.3 Å². The molecule has 1 aliphatic carbocycles. The van der Waals surface area contributed by atoms with Gasteiger partial charge in [0.25, 0.3) is 0 Å². The van der Waals surface area contributed by atoms with E-state index in [2.05, 4.69) is 48.2 Å². The summed E-state index contributed by atoms with van der Waals surface area (Å²) in [6.45, 7) is 2.41. The van der Waals surface area contributed by atoms with Gasteiger partial charge in [0.05, 0.1) is 0 Å². The Balaban J connectivity index is 1.79. The van der Waals surface area contributed by atoms with Gasteiger partial charge in [0.2, 0.25) is 0 Å². The monoisotopic (exact) mass is 286 g/mol. The first-order valence-corrected chi connectivity index (χ1v) is 8.77. The largest absolute Gasteiger partial charge is 0.368 e. The van der Waals surface area contributed by atoms with Gasteiger partial charge < -0.3 is 9.80 Å². The third-order valence-electron chi connectivity index (χ3n) is 5.28. The molecule has 1 aromatic carbocycles. The second-order valence-electron chi connectivity index (χ2n) is 7.07. The topological polar surface area (TPSA) is 6.48 Å². The SMILES string of the molecule is CN(C)CCCN1c2ccccc2C2CCCCCCC21. The quantitative estimate of drug-likeness (QED) is 0.816. The number of benzene rings is 1. The predicted molar refractivity (Wildman–Crippen MR) is 91.2 cm³/mol. The first-order chi connectivity index (χ1) is 10.3. The Bertz CT molecular complexity index is 455. The minimum Gasteiger partial charge on any atom is -0.368 e. The van der Waals surface area contributed by atoms with Crippen molar-refractivity contribution in [2.24, 2.45) is 0 Å². The molecule has 1 heterocycles. The predicted octanol–water partition coefficient (Wildman–Crippen LogP) is 4.26. The molecule has 2 atom stereocenters. The smallest absolute Gasteiger partial charge is 0.0405 e. The van der Waals surface area contributed by atoms with E-state index in [4.69, 9.17) is 0 Å².